The molecule has 0 amide bonds. The molecule has 0 aliphatic carbocycles. The first-order valence-corrected chi connectivity index (χ1v) is 10.3. The standard InChI is InChI=1S/C23H26F2N4O/c1-16(2)23-26-21(30-27-23)15-28-11-13-29(14-12-28)22(17-3-7-19(24)8-4-17)18-5-9-20(25)10-6-18/h3-10,16,22H,11-15H2,1-2H3. The quantitative estimate of drug-likeness (QED) is 0.601. The van der Waals surface area contributed by atoms with Gasteiger partial charge >= 0.3 is 0 Å². The van der Waals surface area contributed by atoms with E-state index < -0.39 is 0 Å². The van der Waals surface area contributed by atoms with Crippen LogP contribution in [0.4, 0.5) is 8.78 Å². The summed E-state index contributed by atoms with van der Waals surface area (Å²) < 4.78 is 32.3. The maximum Gasteiger partial charge on any atom is 0.240 e. The predicted octanol–water partition coefficient (Wildman–Crippen LogP) is 4.38. The Bertz CT molecular complexity index is 903. The molecule has 158 valence electrons. The summed E-state index contributed by atoms with van der Waals surface area (Å²) in [6.45, 7) is 8.05. The third kappa shape index (κ3) is 4.74. The number of piperazine rings is 1. The third-order valence-corrected chi connectivity index (χ3v) is 5.50. The molecule has 1 aliphatic rings. The van der Waals surface area contributed by atoms with Gasteiger partial charge in [0.25, 0.3) is 0 Å². The van der Waals surface area contributed by atoms with E-state index in [1.807, 2.05) is 38.1 Å². The minimum Gasteiger partial charge on any atom is -0.338 e. The molecule has 2 heterocycles. The van der Waals surface area contributed by atoms with Crippen LogP contribution in [0, 0.1) is 11.6 Å². The predicted molar refractivity (Wildman–Crippen MR) is 110 cm³/mol. The summed E-state index contributed by atoms with van der Waals surface area (Å²) in [7, 11) is 0. The fourth-order valence-electron chi connectivity index (χ4n) is 3.84. The highest BCUT2D eigenvalue weighted by Crippen LogP contribution is 2.30. The van der Waals surface area contributed by atoms with Gasteiger partial charge in [-0.05, 0) is 35.4 Å². The first-order valence-electron chi connectivity index (χ1n) is 10.3. The second-order valence-corrected chi connectivity index (χ2v) is 8.02. The number of aromatic nitrogens is 2. The number of halogens is 2. The summed E-state index contributed by atoms with van der Waals surface area (Å²) >= 11 is 0. The average Bonchev–Trinajstić information content (AvgIpc) is 3.21. The lowest BCUT2D eigenvalue weighted by Crippen LogP contribution is -2.47. The second kappa shape index (κ2) is 9.02. The highest BCUT2D eigenvalue weighted by atomic mass is 19.1. The molecule has 1 fully saturated rings. The van der Waals surface area contributed by atoms with Crippen molar-refractivity contribution in [2.45, 2.75) is 32.4 Å². The van der Waals surface area contributed by atoms with E-state index in [9.17, 15) is 8.78 Å². The molecule has 0 spiro atoms. The minimum absolute atomic E-state index is 0.0516. The number of nitrogens with zero attached hydrogens (tertiary/aromatic N) is 4. The largest absolute Gasteiger partial charge is 0.338 e. The highest BCUT2D eigenvalue weighted by molar-refractivity contribution is 5.32. The Morgan fingerprint density at radius 2 is 1.40 bits per heavy atom. The van der Waals surface area contributed by atoms with Crippen LogP contribution in [0.5, 0.6) is 0 Å². The van der Waals surface area contributed by atoms with Gasteiger partial charge in [-0.25, -0.2) is 8.78 Å². The van der Waals surface area contributed by atoms with E-state index in [2.05, 4.69) is 19.9 Å². The van der Waals surface area contributed by atoms with Crippen molar-refractivity contribution in [3.63, 3.8) is 0 Å². The van der Waals surface area contributed by atoms with Crippen LogP contribution in [-0.4, -0.2) is 46.1 Å². The molecule has 0 unspecified atom stereocenters. The van der Waals surface area contributed by atoms with E-state index in [0.717, 1.165) is 43.1 Å². The lowest BCUT2D eigenvalue weighted by molar-refractivity contribution is 0.0966. The summed E-state index contributed by atoms with van der Waals surface area (Å²) in [5.41, 5.74) is 1.99. The molecule has 3 aromatic rings. The first-order chi connectivity index (χ1) is 14.5. The molecule has 30 heavy (non-hydrogen) atoms. The van der Waals surface area contributed by atoms with E-state index in [-0.39, 0.29) is 23.6 Å². The van der Waals surface area contributed by atoms with Gasteiger partial charge in [-0.1, -0.05) is 43.3 Å². The van der Waals surface area contributed by atoms with Crippen molar-refractivity contribution in [3.05, 3.63) is 83.0 Å². The molecule has 0 saturated carbocycles. The van der Waals surface area contributed by atoms with Crippen LogP contribution in [0.3, 0.4) is 0 Å². The zero-order valence-corrected chi connectivity index (χ0v) is 17.3. The Morgan fingerprint density at radius 3 is 1.87 bits per heavy atom. The van der Waals surface area contributed by atoms with Gasteiger partial charge in [-0.15, -0.1) is 0 Å². The van der Waals surface area contributed by atoms with Crippen molar-refractivity contribution in [3.8, 4) is 0 Å². The van der Waals surface area contributed by atoms with Crippen LogP contribution in [0.25, 0.3) is 0 Å². The maximum absolute atomic E-state index is 13.5. The number of benzene rings is 2. The van der Waals surface area contributed by atoms with Gasteiger partial charge in [-0.2, -0.15) is 4.98 Å². The van der Waals surface area contributed by atoms with Crippen molar-refractivity contribution in [2.75, 3.05) is 26.2 Å². The summed E-state index contributed by atoms with van der Waals surface area (Å²) in [5.74, 6) is 1.09. The third-order valence-electron chi connectivity index (χ3n) is 5.50. The van der Waals surface area contributed by atoms with E-state index in [1.165, 1.54) is 24.3 Å². The van der Waals surface area contributed by atoms with Crippen LogP contribution in [0.2, 0.25) is 0 Å². The van der Waals surface area contributed by atoms with Crippen LogP contribution >= 0.6 is 0 Å². The molecule has 7 heteroatoms. The Morgan fingerprint density at radius 1 is 0.867 bits per heavy atom. The summed E-state index contributed by atoms with van der Waals surface area (Å²) in [4.78, 5) is 9.11. The summed E-state index contributed by atoms with van der Waals surface area (Å²) in [6, 6.07) is 13.1. The molecule has 5 nitrogen and oxygen atoms in total. The van der Waals surface area contributed by atoms with Crippen LogP contribution in [0.1, 0.15) is 48.6 Å². The zero-order valence-electron chi connectivity index (χ0n) is 17.3. The SMILES string of the molecule is CC(C)c1noc(CN2CCN(C(c3ccc(F)cc3)c3ccc(F)cc3)CC2)n1. The first kappa shape index (κ1) is 20.6. The number of hydrogen-bond donors (Lipinski definition) is 0. The fourth-order valence-corrected chi connectivity index (χ4v) is 3.84. The molecule has 0 bridgehead atoms. The Balaban J connectivity index is 1.47. The van der Waals surface area contributed by atoms with Crippen LogP contribution in [0.15, 0.2) is 53.1 Å². The van der Waals surface area contributed by atoms with Gasteiger partial charge < -0.3 is 4.52 Å². The Labute approximate surface area is 175 Å². The lowest BCUT2D eigenvalue weighted by Gasteiger charge is -2.39. The molecule has 0 atom stereocenters. The summed E-state index contributed by atoms with van der Waals surface area (Å²) in [6.07, 6.45) is 0. The lowest BCUT2D eigenvalue weighted by atomic mass is 9.96. The van der Waals surface area contributed by atoms with Crippen molar-refractivity contribution in [1.82, 2.24) is 19.9 Å². The molecular weight excluding hydrogens is 386 g/mol. The van der Waals surface area contributed by atoms with Gasteiger partial charge in [0.05, 0.1) is 12.6 Å². The fraction of sp³-hybridized carbons (Fsp3) is 0.391. The van der Waals surface area contributed by atoms with Gasteiger partial charge in [-0.3, -0.25) is 9.80 Å². The Hall–Kier alpha value is -2.64. The minimum atomic E-state index is -0.262. The monoisotopic (exact) mass is 412 g/mol. The van der Waals surface area contributed by atoms with E-state index in [1.54, 1.807) is 0 Å². The van der Waals surface area contributed by atoms with Gasteiger partial charge in [0, 0.05) is 32.1 Å². The maximum atomic E-state index is 13.5. The molecule has 4 rings (SSSR count). The molecule has 0 radical (unpaired) electrons. The van der Waals surface area contributed by atoms with Crippen molar-refractivity contribution in [1.29, 1.82) is 0 Å². The van der Waals surface area contributed by atoms with Gasteiger partial charge in [0.2, 0.25) is 5.89 Å². The topological polar surface area (TPSA) is 45.4 Å². The van der Waals surface area contributed by atoms with Crippen molar-refractivity contribution >= 4 is 0 Å². The van der Waals surface area contributed by atoms with Crippen LogP contribution in [-0.2, 0) is 6.54 Å². The normalized spacial score (nSPS) is 15.9. The van der Waals surface area contributed by atoms with E-state index in [4.69, 9.17) is 4.52 Å². The van der Waals surface area contributed by atoms with Crippen molar-refractivity contribution in [2.24, 2.45) is 0 Å². The molecule has 1 aromatic heterocycles. The molecular formula is C23H26F2N4O. The smallest absolute Gasteiger partial charge is 0.240 e. The average molecular weight is 412 g/mol. The number of rotatable bonds is 6. The zero-order chi connectivity index (χ0) is 21.1. The van der Waals surface area contributed by atoms with Crippen molar-refractivity contribution < 1.29 is 13.3 Å². The molecule has 1 saturated heterocycles. The van der Waals surface area contributed by atoms with E-state index in [0.29, 0.717) is 12.4 Å². The molecule has 2 aromatic carbocycles. The Kier molecular flexibility index (Phi) is 6.20. The van der Waals surface area contributed by atoms with Gasteiger partial charge in [0.1, 0.15) is 11.6 Å². The summed E-state index contributed by atoms with van der Waals surface area (Å²) in [5, 5.41) is 4.03. The molecule has 0 N–H and O–H groups in total. The second-order valence-electron chi connectivity index (χ2n) is 8.02. The number of hydrogen-bond acceptors (Lipinski definition) is 5. The highest BCUT2D eigenvalue weighted by Gasteiger charge is 2.27. The van der Waals surface area contributed by atoms with Crippen LogP contribution < -0.4 is 0 Å². The molecule has 1 aliphatic heterocycles. The van der Waals surface area contributed by atoms with Gasteiger partial charge in [0.15, 0.2) is 5.82 Å². The van der Waals surface area contributed by atoms with E-state index >= 15 is 0 Å².